The van der Waals surface area contributed by atoms with Crippen LogP contribution in [-0.4, -0.2) is 10.4 Å². The minimum absolute atomic E-state index is 0.0677. The summed E-state index contributed by atoms with van der Waals surface area (Å²) >= 11 is 0. The predicted molar refractivity (Wildman–Crippen MR) is 117 cm³/mol. The van der Waals surface area contributed by atoms with Crippen LogP contribution in [0.5, 0.6) is 0 Å². The highest BCUT2D eigenvalue weighted by Gasteiger charge is 2.17. The molecule has 1 aromatic heterocycles. The zero-order chi connectivity index (χ0) is 21.1. The first-order chi connectivity index (χ1) is 14.6. The van der Waals surface area contributed by atoms with Gasteiger partial charge in [-0.15, -0.1) is 0 Å². The van der Waals surface area contributed by atoms with E-state index in [0.29, 0.717) is 17.7 Å². The van der Waals surface area contributed by atoms with Gasteiger partial charge in [-0.3, -0.25) is 4.79 Å². The van der Waals surface area contributed by atoms with Gasteiger partial charge >= 0.3 is 0 Å². The van der Waals surface area contributed by atoms with E-state index in [0.717, 1.165) is 22.2 Å². The van der Waals surface area contributed by atoms with Gasteiger partial charge < -0.3 is 4.57 Å². The Labute approximate surface area is 174 Å². The summed E-state index contributed by atoms with van der Waals surface area (Å²) in [6.07, 6.45) is 1.64. The largest absolute Gasteiger partial charge is 0.340 e. The van der Waals surface area contributed by atoms with Gasteiger partial charge in [-0.1, -0.05) is 66.7 Å². The zero-order valence-electron chi connectivity index (χ0n) is 16.5. The summed E-state index contributed by atoms with van der Waals surface area (Å²) in [4.78, 5) is 12.8. The number of para-hydroxylation sites is 1. The van der Waals surface area contributed by atoms with Crippen LogP contribution < -0.4 is 0 Å². The fourth-order valence-corrected chi connectivity index (χ4v) is 3.68. The summed E-state index contributed by atoms with van der Waals surface area (Å²) in [5.74, 6) is -0.577. The number of ketones is 1. The van der Waals surface area contributed by atoms with E-state index in [4.69, 9.17) is 0 Å². The van der Waals surface area contributed by atoms with Crippen LogP contribution in [0.4, 0.5) is 4.39 Å². The van der Waals surface area contributed by atoms with E-state index in [1.54, 1.807) is 42.5 Å². The third kappa shape index (κ3) is 3.54. The minimum Gasteiger partial charge on any atom is -0.340 e. The van der Waals surface area contributed by atoms with Gasteiger partial charge in [0.05, 0.1) is 6.54 Å². The van der Waals surface area contributed by atoms with Crippen molar-refractivity contribution in [2.45, 2.75) is 13.5 Å². The van der Waals surface area contributed by atoms with E-state index in [2.05, 4.69) is 6.07 Å². The van der Waals surface area contributed by atoms with E-state index >= 15 is 0 Å². The molecule has 30 heavy (non-hydrogen) atoms. The molecule has 3 aromatic carbocycles. The van der Waals surface area contributed by atoms with Gasteiger partial charge in [0.1, 0.15) is 17.5 Å². The molecule has 0 amide bonds. The number of hydrogen-bond donors (Lipinski definition) is 0. The molecule has 0 N–H and O–H groups in total. The summed E-state index contributed by atoms with van der Waals surface area (Å²) in [6.45, 7) is 2.29. The van der Waals surface area contributed by atoms with Gasteiger partial charge in [-0.05, 0) is 25.1 Å². The lowest BCUT2D eigenvalue weighted by Crippen LogP contribution is -2.04. The molecule has 0 saturated carbocycles. The fraction of sp³-hybridized carbons (Fsp3) is 0.0769. The van der Waals surface area contributed by atoms with Crippen LogP contribution in [0, 0.1) is 24.1 Å². The lowest BCUT2D eigenvalue weighted by molar-refractivity contribution is 0.104. The Morgan fingerprint density at radius 1 is 1.00 bits per heavy atom. The van der Waals surface area contributed by atoms with E-state index < -0.39 is 0 Å². The Kier molecular flexibility index (Phi) is 5.28. The summed E-state index contributed by atoms with van der Waals surface area (Å²) < 4.78 is 16.3. The maximum absolute atomic E-state index is 14.3. The molecule has 0 aliphatic carbocycles. The molecule has 4 aromatic rings. The number of allylic oxidation sites excluding steroid dienone is 1. The van der Waals surface area contributed by atoms with Crippen molar-refractivity contribution in [3.63, 3.8) is 0 Å². The van der Waals surface area contributed by atoms with E-state index in [-0.39, 0.29) is 17.2 Å². The molecule has 0 unspecified atom stereocenters. The summed E-state index contributed by atoms with van der Waals surface area (Å²) in [6, 6.07) is 25.3. The summed E-state index contributed by atoms with van der Waals surface area (Å²) in [5.41, 5.74) is 3.71. The highest BCUT2D eigenvalue weighted by atomic mass is 19.1. The Morgan fingerprint density at radius 3 is 2.40 bits per heavy atom. The standard InChI is InChI=1S/C26H19FN2O/c1-18-23(15-21(16-28)26(30)19-9-3-2-4-10-19)22-12-6-8-14-25(22)29(18)17-20-11-5-7-13-24(20)27/h2-15H,17H2,1H3/b21-15+. The maximum Gasteiger partial charge on any atom is 0.203 e. The number of benzene rings is 3. The topological polar surface area (TPSA) is 45.8 Å². The van der Waals surface area contributed by atoms with Crippen molar-refractivity contribution in [3.05, 3.63) is 113 Å². The van der Waals surface area contributed by atoms with Gasteiger partial charge in [-0.25, -0.2) is 4.39 Å². The number of nitrogens with zero attached hydrogens (tertiary/aromatic N) is 2. The third-order valence-electron chi connectivity index (χ3n) is 5.26. The smallest absolute Gasteiger partial charge is 0.203 e. The molecule has 1 heterocycles. The van der Waals surface area contributed by atoms with Crippen LogP contribution in [0.3, 0.4) is 0 Å². The number of rotatable bonds is 5. The molecule has 0 bridgehead atoms. The van der Waals surface area contributed by atoms with Crippen molar-refractivity contribution in [2.75, 3.05) is 0 Å². The molecule has 146 valence electrons. The number of nitriles is 1. The predicted octanol–water partition coefficient (Wildman–Crippen LogP) is 5.93. The van der Waals surface area contributed by atoms with E-state index in [1.165, 1.54) is 6.07 Å². The monoisotopic (exact) mass is 394 g/mol. The molecule has 0 saturated heterocycles. The Morgan fingerprint density at radius 2 is 1.67 bits per heavy atom. The number of aromatic nitrogens is 1. The number of carbonyl (C=O) groups is 1. The molecule has 0 atom stereocenters. The second kappa shape index (κ2) is 8.18. The van der Waals surface area contributed by atoms with Crippen LogP contribution in [-0.2, 0) is 6.54 Å². The van der Waals surface area contributed by atoms with Crippen molar-refractivity contribution >= 4 is 22.8 Å². The number of hydrogen-bond acceptors (Lipinski definition) is 2. The quantitative estimate of drug-likeness (QED) is 0.239. The first-order valence-electron chi connectivity index (χ1n) is 9.63. The first kappa shape index (κ1) is 19.4. The average molecular weight is 394 g/mol. The van der Waals surface area contributed by atoms with Crippen molar-refractivity contribution in [1.82, 2.24) is 4.57 Å². The zero-order valence-corrected chi connectivity index (χ0v) is 16.5. The Bertz CT molecular complexity index is 1310. The molecule has 3 nitrogen and oxygen atoms in total. The highest BCUT2D eigenvalue weighted by Crippen LogP contribution is 2.29. The Balaban J connectivity index is 1.85. The van der Waals surface area contributed by atoms with Gasteiger partial charge in [-0.2, -0.15) is 5.26 Å². The summed E-state index contributed by atoms with van der Waals surface area (Å²) in [7, 11) is 0. The highest BCUT2D eigenvalue weighted by molar-refractivity contribution is 6.15. The Hall–Kier alpha value is -3.97. The van der Waals surface area contributed by atoms with Gasteiger partial charge in [0.25, 0.3) is 0 Å². The molecule has 0 spiro atoms. The number of halogens is 1. The number of Topliss-reactive ketones (excluding diaryl/α,β-unsaturated/α-hetero) is 1. The van der Waals surface area contributed by atoms with Crippen LogP contribution in [0.25, 0.3) is 17.0 Å². The van der Waals surface area contributed by atoms with E-state index in [1.807, 2.05) is 47.9 Å². The lowest BCUT2D eigenvalue weighted by atomic mass is 10.0. The van der Waals surface area contributed by atoms with Crippen molar-refractivity contribution in [1.29, 1.82) is 5.26 Å². The van der Waals surface area contributed by atoms with Crippen LogP contribution >= 0.6 is 0 Å². The van der Waals surface area contributed by atoms with Crippen molar-refractivity contribution < 1.29 is 9.18 Å². The molecule has 0 radical (unpaired) electrons. The average Bonchev–Trinajstić information content (AvgIpc) is 3.04. The normalized spacial score (nSPS) is 11.4. The number of fused-ring (bicyclic) bond motifs is 1. The van der Waals surface area contributed by atoms with Crippen molar-refractivity contribution in [2.24, 2.45) is 0 Å². The lowest BCUT2D eigenvalue weighted by Gasteiger charge is -2.09. The third-order valence-corrected chi connectivity index (χ3v) is 5.26. The van der Waals surface area contributed by atoms with Crippen LogP contribution in [0.15, 0.2) is 84.4 Å². The minimum atomic E-state index is -0.316. The molecule has 0 aliphatic rings. The van der Waals surface area contributed by atoms with Crippen molar-refractivity contribution in [3.8, 4) is 6.07 Å². The molecule has 4 heteroatoms. The second-order valence-electron chi connectivity index (χ2n) is 7.06. The van der Waals surface area contributed by atoms with Gasteiger partial charge in [0.2, 0.25) is 5.78 Å². The van der Waals surface area contributed by atoms with Crippen LogP contribution in [0.1, 0.15) is 27.2 Å². The SMILES string of the molecule is Cc1c(/C=C(\C#N)C(=O)c2ccccc2)c2ccccc2n1Cc1ccccc1F. The molecule has 0 fully saturated rings. The number of carbonyl (C=O) groups excluding carboxylic acids is 1. The first-order valence-corrected chi connectivity index (χ1v) is 9.63. The molecule has 0 aliphatic heterocycles. The second-order valence-corrected chi connectivity index (χ2v) is 7.06. The van der Waals surface area contributed by atoms with Gasteiger partial charge in [0.15, 0.2) is 0 Å². The maximum atomic E-state index is 14.3. The molecular formula is C26H19FN2O. The molecule has 4 rings (SSSR count). The van der Waals surface area contributed by atoms with E-state index in [9.17, 15) is 14.4 Å². The van der Waals surface area contributed by atoms with Gasteiger partial charge in [0, 0.05) is 33.3 Å². The summed E-state index contributed by atoms with van der Waals surface area (Å²) in [5, 5.41) is 10.6. The fourth-order valence-electron chi connectivity index (χ4n) is 3.68. The van der Waals surface area contributed by atoms with Crippen LogP contribution in [0.2, 0.25) is 0 Å². The molecular weight excluding hydrogens is 375 g/mol.